The molecule has 3 heteroatoms. The molecule has 13 heavy (non-hydrogen) atoms. The summed E-state index contributed by atoms with van der Waals surface area (Å²) in [5, 5.41) is 3.77. The predicted octanol–water partition coefficient (Wildman–Crippen LogP) is 2.19. The van der Waals surface area contributed by atoms with E-state index in [0.29, 0.717) is 6.54 Å². The molecule has 1 fully saturated rings. The molecule has 2 atom stereocenters. The molecule has 0 spiro atoms. The Morgan fingerprint density at radius 1 is 1.38 bits per heavy atom. The molecule has 1 aromatic rings. The van der Waals surface area contributed by atoms with Crippen LogP contribution in [0.4, 0.5) is 4.39 Å². The Morgan fingerprint density at radius 3 is 2.54 bits per heavy atom. The van der Waals surface area contributed by atoms with Gasteiger partial charge >= 0.3 is 0 Å². The molecule has 1 heterocycles. The number of nitrogens with one attached hydrogen (secondary N) is 1. The number of rotatable bonds is 2. The molecule has 0 radical (unpaired) electrons. The van der Waals surface area contributed by atoms with Crippen LogP contribution in [0.5, 0.6) is 0 Å². The van der Waals surface area contributed by atoms with E-state index < -0.39 is 6.17 Å². The first-order valence-electron chi connectivity index (χ1n) is 4.37. The van der Waals surface area contributed by atoms with Crippen LogP contribution in [0.1, 0.15) is 5.56 Å². The van der Waals surface area contributed by atoms with Gasteiger partial charge in [0.1, 0.15) is 6.17 Å². The van der Waals surface area contributed by atoms with Gasteiger partial charge in [0.15, 0.2) is 0 Å². The molecular formula is C10H11ClFN. The largest absolute Gasteiger partial charge is 0.308 e. The Kier molecular flexibility index (Phi) is 2.51. The lowest BCUT2D eigenvalue weighted by Gasteiger charge is -2.32. The molecule has 1 nitrogen and oxygen atoms in total. The van der Waals surface area contributed by atoms with Crippen molar-refractivity contribution in [2.45, 2.75) is 18.6 Å². The average molecular weight is 200 g/mol. The zero-order valence-corrected chi connectivity index (χ0v) is 7.89. The van der Waals surface area contributed by atoms with Crippen LogP contribution in [0.3, 0.4) is 0 Å². The van der Waals surface area contributed by atoms with Crippen molar-refractivity contribution in [3.05, 3.63) is 34.9 Å². The van der Waals surface area contributed by atoms with Gasteiger partial charge in [0, 0.05) is 17.6 Å². The molecular weight excluding hydrogens is 189 g/mol. The second-order valence-electron chi connectivity index (χ2n) is 3.36. The van der Waals surface area contributed by atoms with Crippen LogP contribution >= 0.6 is 11.6 Å². The molecule has 1 aromatic carbocycles. The third kappa shape index (κ3) is 2.01. The summed E-state index contributed by atoms with van der Waals surface area (Å²) in [5.74, 6) is 0. The minimum absolute atomic E-state index is 0.00109. The Balaban J connectivity index is 1.98. The molecule has 70 valence electrons. The summed E-state index contributed by atoms with van der Waals surface area (Å²) in [7, 11) is 0. The maximum Gasteiger partial charge on any atom is 0.128 e. The van der Waals surface area contributed by atoms with Crippen molar-refractivity contribution in [2.75, 3.05) is 6.54 Å². The fraction of sp³-hybridized carbons (Fsp3) is 0.400. The van der Waals surface area contributed by atoms with Gasteiger partial charge in [0.25, 0.3) is 0 Å². The molecule has 2 rings (SSSR count). The summed E-state index contributed by atoms with van der Waals surface area (Å²) in [6.07, 6.45) is 0.0638. The van der Waals surface area contributed by atoms with E-state index in [4.69, 9.17) is 11.6 Å². The molecule has 1 saturated heterocycles. The summed E-state index contributed by atoms with van der Waals surface area (Å²) in [5.41, 5.74) is 1.13. The Hall–Kier alpha value is -0.600. The predicted molar refractivity (Wildman–Crippen MR) is 51.8 cm³/mol. The van der Waals surface area contributed by atoms with Crippen molar-refractivity contribution in [1.82, 2.24) is 5.32 Å². The third-order valence-electron chi connectivity index (χ3n) is 2.38. The van der Waals surface area contributed by atoms with Crippen LogP contribution in [-0.2, 0) is 6.42 Å². The SMILES string of the molecule is F[C@@H]1CNC1Cc1ccc(Cl)cc1. The molecule has 0 saturated carbocycles. The van der Waals surface area contributed by atoms with E-state index in [1.165, 1.54) is 0 Å². The zero-order valence-electron chi connectivity index (χ0n) is 7.13. The number of halogens is 2. The highest BCUT2D eigenvalue weighted by Gasteiger charge is 2.29. The highest BCUT2D eigenvalue weighted by atomic mass is 35.5. The fourth-order valence-electron chi connectivity index (χ4n) is 1.45. The lowest BCUT2D eigenvalue weighted by atomic mass is 9.97. The monoisotopic (exact) mass is 199 g/mol. The first-order valence-corrected chi connectivity index (χ1v) is 4.75. The van der Waals surface area contributed by atoms with Gasteiger partial charge in [-0.1, -0.05) is 23.7 Å². The van der Waals surface area contributed by atoms with Crippen LogP contribution in [0.2, 0.25) is 5.02 Å². The lowest BCUT2D eigenvalue weighted by Crippen LogP contribution is -2.55. The zero-order chi connectivity index (χ0) is 9.26. The molecule has 0 bridgehead atoms. The summed E-state index contributed by atoms with van der Waals surface area (Å²) >= 11 is 5.74. The first-order chi connectivity index (χ1) is 6.25. The Bertz CT molecular complexity index is 285. The number of benzene rings is 1. The minimum atomic E-state index is -0.685. The smallest absolute Gasteiger partial charge is 0.128 e. The van der Waals surface area contributed by atoms with Crippen LogP contribution in [-0.4, -0.2) is 18.8 Å². The molecule has 1 aliphatic heterocycles. The third-order valence-corrected chi connectivity index (χ3v) is 2.63. The van der Waals surface area contributed by atoms with Gasteiger partial charge in [0.05, 0.1) is 0 Å². The highest BCUT2D eigenvalue weighted by Crippen LogP contribution is 2.16. The maximum atomic E-state index is 12.9. The minimum Gasteiger partial charge on any atom is -0.308 e. The van der Waals surface area contributed by atoms with Gasteiger partial charge in [-0.25, -0.2) is 4.39 Å². The van der Waals surface area contributed by atoms with E-state index in [1.807, 2.05) is 24.3 Å². The summed E-state index contributed by atoms with van der Waals surface area (Å²) < 4.78 is 12.9. The summed E-state index contributed by atoms with van der Waals surface area (Å²) in [6.45, 7) is 0.498. The van der Waals surface area contributed by atoms with Crippen molar-refractivity contribution in [3.63, 3.8) is 0 Å². The molecule has 1 unspecified atom stereocenters. The van der Waals surface area contributed by atoms with Gasteiger partial charge in [-0.3, -0.25) is 0 Å². The van der Waals surface area contributed by atoms with E-state index >= 15 is 0 Å². The molecule has 1 N–H and O–H groups in total. The summed E-state index contributed by atoms with van der Waals surface area (Å²) in [4.78, 5) is 0. The standard InChI is InChI=1S/C10H11ClFN/c11-8-3-1-7(2-4-8)5-10-9(12)6-13-10/h1-4,9-10,13H,5-6H2/t9-,10?/m1/s1. The van der Waals surface area contributed by atoms with Crippen LogP contribution in [0.15, 0.2) is 24.3 Å². The lowest BCUT2D eigenvalue weighted by molar-refractivity contribution is 0.158. The van der Waals surface area contributed by atoms with Gasteiger partial charge < -0.3 is 5.32 Å². The van der Waals surface area contributed by atoms with E-state index in [-0.39, 0.29) is 6.04 Å². The average Bonchev–Trinajstić information content (AvgIpc) is 2.15. The van der Waals surface area contributed by atoms with E-state index in [2.05, 4.69) is 5.32 Å². The Labute approximate surface area is 81.9 Å². The molecule has 0 aliphatic carbocycles. The highest BCUT2D eigenvalue weighted by molar-refractivity contribution is 6.30. The van der Waals surface area contributed by atoms with Crippen LogP contribution < -0.4 is 5.32 Å². The van der Waals surface area contributed by atoms with E-state index in [1.54, 1.807) is 0 Å². The first kappa shape index (κ1) is 8.97. The van der Waals surface area contributed by atoms with Crippen LogP contribution in [0, 0.1) is 0 Å². The van der Waals surface area contributed by atoms with Crippen molar-refractivity contribution in [3.8, 4) is 0 Å². The molecule has 1 aliphatic rings. The van der Waals surface area contributed by atoms with Crippen molar-refractivity contribution < 1.29 is 4.39 Å². The number of hydrogen-bond donors (Lipinski definition) is 1. The van der Waals surface area contributed by atoms with Crippen molar-refractivity contribution >= 4 is 11.6 Å². The topological polar surface area (TPSA) is 12.0 Å². The van der Waals surface area contributed by atoms with E-state index in [0.717, 1.165) is 17.0 Å². The van der Waals surface area contributed by atoms with Crippen LogP contribution in [0.25, 0.3) is 0 Å². The van der Waals surface area contributed by atoms with Gasteiger partial charge in [-0.2, -0.15) is 0 Å². The summed E-state index contributed by atoms with van der Waals surface area (Å²) in [6, 6.07) is 7.55. The molecule has 0 amide bonds. The number of hydrogen-bond acceptors (Lipinski definition) is 1. The second kappa shape index (κ2) is 3.64. The quantitative estimate of drug-likeness (QED) is 0.770. The Morgan fingerprint density at radius 2 is 2.08 bits per heavy atom. The fourth-order valence-corrected chi connectivity index (χ4v) is 1.57. The van der Waals surface area contributed by atoms with Gasteiger partial charge in [-0.05, 0) is 24.1 Å². The second-order valence-corrected chi connectivity index (χ2v) is 3.80. The maximum absolute atomic E-state index is 12.9. The molecule has 0 aromatic heterocycles. The van der Waals surface area contributed by atoms with Crippen molar-refractivity contribution in [1.29, 1.82) is 0 Å². The normalized spacial score (nSPS) is 26.9. The number of alkyl halides is 1. The van der Waals surface area contributed by atoms with Crippen molar-refractivity contribution in [2.24, 2.45) is 0 Å². The van der Waals surface area contributed by atoms with E-state index in [9.17, 15) is 4.39 Å². The van der Waals surface area contributed by atoms with Gasteiger partial charge in [0.2, 0.25) is 0 Å². The van der Waals surface area contributed by atoms with Gasteiger partial charge in [-0.15, -0.1) is 0 Å².